The summed E-state index contributed by atoms with van der Waals surface area (Å²) in [6.07, 6.45) is 1.85. The van der Waals surface area contributed by atoms with Gasteiger partial charge in [0.15, 0.2) is 23.0 Å². The molecule has 22 heavy (non-hydrogen) atoms. The molecule has 0 aliphatic rings. The lowest BCUT2D eigenvalue weighted by Gasteiger charge is -2.04. The normalized spacial score (nSPS) is 10.8. The highest BCUT2D eigenvalue weighted by Gasteiger charge is 2.17. The van der Waals surface area contributed by atoms with Crippen LogP contribution in [0.4, 0.5) is 0 Å². The minimum Gasteiger partial charge on any atom is -0.504 e. The van der Waals surface area contributed by atoms with E-state index < -0.39 is 22.7 Å². The van der Waals surface area contributed by atoms with Gasteiger partial charge in [-0.3, -0.25) is 9.59 Å². The molecular formula is C16H15BrO5. The Morgan fingerprint density at radius 1 is 1.09 bits per heavy atom. The molecule has 2 aromatic rings. The van der Waals surface area contributed by atoms with E-state index in [2.05, 4.69) is 15.9 Å². The maximum absolute atomic E-state index is 12.1. The predicted molar refractivity (Wildman–Crippen MR) is 86.8 cm³/mol. The topological polar surface area (TPSA) is 94.8 Å². The zero-order chi connectivity index (χ0) is 16.4. The molecule has 0 spiro atoms. The summed E-state index contributed by atoms with van der Waals surface area (Å²) in [4.78, 5) is 24.1. The first-order valence-electron chi connectivity index (χ1n) is 6.81. The number of Topliss-reactive ketones (excluding diaryl/α,β-unsaturated/α-hetero) is 1. The number of unbranched alkanes of at least 4 members (excludes halogenated alkanes) is 1. The minimum atomic E-state index is -0.785. The Morgan fingerprint density at radius 3 is 2.41 bits per heavy atom. The van der Waals surface area contributed by atoms with E-state index in [4.69, 9.17) is 0 Å². The van der Waals surface area contributed by atoms with Crippen molar-refractivity contribution in [1.82, 2.24) is 0 Å². The minimum absolute atomic E-state index is 0.167. The molecule has 0 atom stereocenters. The number of aromatic hydroxyl groups is 3. The molecule has 116 valence electrons. The fourth-order valence-electron chi connectivity index (χ4n) is 2.19. The first-order chi connectivity index (χ1) is 10.4. The first kappa shape index (κ1) is 16.3. The summed E-state index contributed by atoms with van der Waals surface area (Å²) in [5, 5.41) is 29.8. The molecule has 0 amide bonds. The van der Waals surface area contributed by atoms with Crippen LogP contribution in [0.2, 0.25) is 0 Å². The van der Waals surface area contributed by atoms with E-state index in [1.54, 1.807) is 0 Å². The third-order valence-corrected chi connectivity index (χ3v) is 4.01. The number of fused-ring (bicyclic) bond motifs is 1. The van der Waals surface area contributed by atoms with E-state index in [-0.39, 0.29) is 26.6 Å². The fraction of sp³-hybridized carbons (Fsp3) is 0.250. The molecule has 0 radical (unpaired) electrons. The van der Waals surface area contributed by atoms with Gasteiger partial charge in [-0.05, 0) is 39.9 Å². The lowest BCUT2D eigenvalue weighted by Crippen LogP contribution is -2.02. The van der Waals surface area contributed by atoms with Crippen molar-refractivity contribution < 1.29 is 20.1 Å². The van der Waals surface area contributed by atoms with Crippen LogP contribution in [0.5, 0.6) is 17.2 Å². The second-order valence-electron chi connectivity index (χ2n) is 5.00. The molecule has 0 saturated carbocycles. The second kappa shape index (κ2) is 6.36. The van der Waals surface area contributed by atoms with Crippen molar-refractivity contribution in [2.75, 3.05) is 0 Å². The first-order valence-corrected chi connectivity index (χ1v) is 7.60. The summed E-state index contributed by atoms with van der Waals surface area (Å²) in [6.45, 7) is 1.95. The summed E-state index contributed by atoms with van der Waals surface area (Å²) in [6, 6.07) is 3.91. The number of carbonyl (C=O) groups is 1. The molecule has 0 aliphatic carbocycles. The van der Waals surface area contributed by atoms with Crippen LogP contribution in [0.3, 0.4) is 0 Å². The fourth-order valence-corrected chi connectivity index (χ4v) is 2.63. The molecular weight excluding hydrogens is 352 g/mol. The van der Waals surface area contributed by atoms with Crippen LogP contribution in [0.25, 0.3) is 10.8 Å². The van der Waals surface area contributed by atoms with E-state index in [1.807, 2.05) is 6.92 Å². The van der Waals surface area contributed by atoms with Crippen molar-refractivity contribution in [1.29, 1.82) is 0 Å². The lowest BCUT2D eigenvalue weighted by atomic mass is 10.1. The number of ketones is 1. The third-order valence-electron chi connectivity index (χ3n) is 3.41. The maximum atomic E-state index is 12.1. The number of hydrogen-bond donors (Lipinski definition) is 3. The summed E-state index contributed by atoms with van der Waals surface area (Å²) >= 11 is 3.07. The van der Waals surface area contributed by atoms with Crippen LogP contribution in [0.1, 0.15) is 36.5 Å². The van der Waals surface area contributed by atoms with Crippen molar-refractivity contribution in [2.45, 2.75) is 26.2 Å². The van der Waals surface area contributed by atoms with Crippen LogP contribution >= 0.6 is 15.9 Å². The SMILES string of the molecule is CCCCC(=O)c1cc(=O)c(O)c2c(O)c(O)c(Br)cc2c1. The van der Waals surface area contributed by atoms with Gasteiger partial charge in [0.1, 0.15) is 0 Å². The smallest absolute Gasteiger partial charge is 0.221 e. The van der Waals surface area contributed by atoms with E-state index >= 15 is 0 Å². The van der Waals surface area contributed by atoms with Gasteiger partial charge in [0.05, 0.1) is 9.86 Å². The van der Waals surface area contributed by atoms with Crippen LogP contribution in [-0.4, -0.2) is 21.1 Å². The van der Waals surface area contributed by atoms with Gasteiger partial charge in [0.25, 0.3) is 0 Å². The molecule has 6 heteroatoms. The molecule has 0 saturated heterocycles. The molecule has 3 N–H and O–H groups in total. The van der Waals surface area contributed by atoms with Crippen molar-refractivity contribution in [3.05, 3.63) is 38.5 Å². The summed E-state index contributed by atoms with van der Waals surface area (Å²) in [7, 11) is 0. The van der Waals surface area contributed by atoms with E-state index in [1.165, 1.54) is 12.1 Å². The van der Waals surface area contributed by atoms with Gasteiger partial charge in [-0.1, -0.05) is 13.3 Å². The molecule has 0 aliphatic heterocycles. The average Bonchev–Trinajstić information content (AvgIpc) is 2.60. The standard InChI is InChI=1S/C16H15BrO5/c1-2-3-4-11(18)8-5-9-6-10(17)14(20)16(22)13(9)15(21)12(19)7-8/h5-7,20,22H,2-4H2,1H3,(H,19,21). The Hall–Kier alpha value is -2.08. The number of rotatable bonds is 4. The number of phenolic OH excluding ortho intramolecular Hbond substituents is 2. The quantitative estimate of drug-likeness (QED) is 0.568. The Morgan fingerprint density at radius 2 is 1.77 bits per heavy atom. The highest BCUT2D eigenvalue weighted by molar-refractivity contribution is 9.10. The Balaban J connectivity index is 2.80. The zero-order valence-electron chi connectivity index (χ0n) is 11.9. The van der Waals surface area contributed by atoms with Gasteiger partial charge in [0.2, 0.25) is 5.43 Å². The molecule has 2 rings (SSSR count). The summed E-state index contributed by atoms with van der Waals surface area (Å²) in [5.74, 6) is -2.00. The van der Waals surface area contributed by atoms with Crippen molar-refractivity contribution in [3.8, 4) is 17.2 Å². The largest absolute Gasteiger partial charge is 0.504 e. The van der Waals surface area contributed by atoms with Gasteiger partial charge in [0, 0.05) is 18.1 Å². The second-order valence-corrected chi connectivity index (χ2v) is 5.86. The van der Waals surface area contributed by atoms with Gasteiger partial charge in [-0.2, -0.15) is 0 Å². The van der Waals surface area contributed by atoms with Gasteiger partial charge < -0.3 is 15.3 Å². The van der Waals surface area contributed by atoms with Crippen LogP contribution in [0, 0.1) is 0 Å². The van der Waals surface area contributed by atoms with Crippen molar-refractivity contribution >= 4 is 32.5 Å². The third kappa shape index (κ3) is 2.92. The maximum Gasteiger partial charge on any atom is 0.221 e. The summed E-state index contributed by atoms with van der Waals surface area (Å²) in [5.41, 5.74) is -0.618. The molecule has 0 aromatic heterocycles. The Bertz CT molecular complexity index is 814. The highest BCUT2D eigenvalue weighted by Crippen LogP contribution is 2.42. The number of hydrogen-bond acceptors (Lipinski definition) is 5. The van der Waals surface area contributed by atoms with Gasteiger partial charge in [-0.15, -0.1) is 0 Å². The summed E-state index contributed by atoms with van der Waals surface area (Å²) < 4.78 is 0.197. The van der Waals surface area contributed by atoms with Gasteiger partial charge >= 0.3 is 0 Å². The number of benzene rings is 1. The van der Waals surface area contributed by atoms with E-state index in [0.29, 0.717) is 12.8 Å². The van der Waals surface area contributed by atoms with Crippen LogP contribution in [-0.2, 0) is 0 Å². The van der Waals surface area contributed by atoms with Crippen molar-refractivity contribution in [3.63, 3.8) is 0 Å². The number of phenols is 2. The monoisotopic (exact) mass is 366 g/mol. The number of halogens is 1. The Labute approximate surface area is 135 Å². The lowest BCUT2D eigenvalue weighted by molar-refractivity contribution is 0.0980. The number of carbonyl (C=O) groups excluding carboxylic acids is 1. The van der Waals surface area contributed by atoms with Crippen LogP contribution < -0.4 is 5.43 Å². The zero-order valence-corrected chi connectivity index (χ0v) is 13.5. The highest BCUT2D eigenvalue weighted by atomic mass is 79.9. The average molecular weight is 367 g/mol. The van der Waals surface area contributed by atoms with Crippen molar-refractivity contribution in [2.24, 2.45) is 0 Å². The van der Waals surface area contributed by atoms with Gasteiger partial charge in [-0.25, -0.2) is 0 Å². The van der Waals surface area contributed by atoms with E-state index in [9.17, 15) is 24.9 Å². The molecule has 0 heterocycles. The molecule has 0 unspecified atom stereocenters. The molecule has 5 nitrogen and oxygen atoms in total. The molecule has 0 fully saturated rings. The molecule has 0 bridgehead atoms. The van der Waals surface area contributed by atoms with Crippen LogP contribution in [0.15, 0.2) is 27.5 Å². The Kier molecular flexibility index (Phi) is 4.71. The molecule has 2 aromatic carbocycles. The predicted octanol–water partition coefficient (Wildman–Crippen LogP) is 3.45. The van der Waals surface area contributed by atoms with E-state index in [0.717, 1.165) is 12.5 Å².